The Morgan fingerprint density at radius 2 is 1.96 bits per heavy atom. The maximum atomic E-state index is 12.4. The molecular formula is C18H18N2O3S. The third kappa shape index (κ3) is 3.05. The van der Waals surface area contributed by atoms with Crippen LogP contribution in [0.3, 0.4) is 0 Å². The number of carbonyl (C=O) groups is 2. The van der Waals surface area contributed by atoms with Crippen LogP contribution in [0.1, 0.15) is 21.6 Å². The third-order valence-corrected chi connectivity index (χ3v) is 4.94. The quantitative estimate of drug-likeness (QED) is 0.735. The molecule has 2 heterocycles. The van der Waals surface area contributed by atoms with Crippen LogP contribution in [0.5, 0.6) is 0 Å². The van der Waals surface area contributed by atoms with Crippen LogP contribution in [-0.4, -0.2) is 23.6 Å². The Labute approximate surface area is 143 Å². The van der Waals surface area contributed by atoms with E-state index in [4.69, 9.17) is 4.74 Å². The summed E-state index contributed by atoms with van der Waals surface area (Å²) in [6, 6.07) is 9.45. The Balaban J connectivity index is 1.85. The molecule has 0 aliphatic heterocycles. The van der Waals surface area contributed by atoms with Crippen molar-refractivity contribution in [3.05, 3.63) is 52.5 Å². The highest BCUT2D eigenvalue weighted by molar-refractivity contribution is 7.16. The van der Waals surface area contributed by atoms with E-state index < -0.39 is 5.97 Å². The van der Waals surface area contributed by atoms with E-state index in [0.29, 0.717) is 5.69 Å². The van der Waals surface area contributed by atoms with E-state index in [2.05, 4.69) is 5.32 Å². The monoisotopic (exact) mass is 342 g/mol. The smallest absolute Gasteiger partial charge is 0.354 e. The van der Waals surface area contributed by atoms with Crippen LogP contribution in [-0.2, 0) is 16.1 Å². The second-order valence-electron chi connectivity index (χ2n) is 5.64. The molecule has 5 nitrogen and oxygen atoms in total. The van der Waals surface area contributed by atoms with Crippen molar-refractivity contribution in [1.29, 1.82) is 0 Å². The first-order chi connectivity index (χ1) is 11.5. The van der Waals surface area contributed by atoms with Gasteiger partial charge in [0.05, 0.1) is 7.11 Å². The molecule has 6 heteroatoms. The summed E-state index contributed by atoms with van der Waals surface area (Å²) >= 11 is 1.49. The van der Waals surface area contributed by atoms with E-state index >= 15 is 0 Å². The number of benzene rings is 1. The lowest BCUT2D eigenvalue weighted by Crippen LogP contribution is -2.21. The molecule has 124 valence electrons. The molecule has 0 bridgehead atoms. The molecule has 0 radical (unpaired) electrons. The number of ether oxygens (including phenoxy) is 1. The zero-order valence-corrected chi connectivity index (χ0v) is 14.6. The topological polar surface area (TPSA) is 60.3 Å². The number of methoxy groups -OCH3 is 1. The van der Waals surface area contributed by atoms with Gasteiger partial charge in [0.15, 0.2) is 0 Å². The number of aromatic nitrogens is 1. The molecule has 1 aromatic carbocycles. The van der Waals surface area contributed by atoms with E-state index in [1.165, 1.54) is 24.0 Å². The lowest BCUT2D eigenvalue weighted by Gasteiger charge is -2.10. The van der Waals surface area contributed by atoms with Gasteiger partial charge in [0.25, 0.3) is 0 Å². The minimum atomic E-state index is -0.447. The summed E-state index contributed by atoms with van der Waals surface area (Å²) in [5, 5.41) is 5.75. The van der Waals surface area contributed by atoms with Crippen LogP contribution in [0.15, 0.2) is 35.7 Å². The van der Waals surface area contributed by atoms with Crippen molar-refractivity contribution in [2.24, 2.45) is 0 Å². The molecule has 0 aliphatic rings. The molecule has 0 aliphatic carbocycles. The fraction of sp³-hybridized carbons (Fsp3) is 0.222. The summed E-state index contributed by atoms with van der Waals surface area (Å²) in [7, 11) is 1.34. The summed E-state index contributed by atoms with van der Waals surface area (Å²) < 4.78 is 6.51. The van der Waals surface area contributed by atoms with Crippen molar-refractivity contribution in [2.45, 2.75) is 20.4 Å². The van der Waals surface area contributed by atoms with E-state index in [1.807, 2.05) is 43.5 Å². The molecule has 2 aromatic heterocycles. The SMILES string of the molecule is COC(=O)c1cc2ccsc2n1CC(=O)Nc1ccc(C)c(C)c1. The summed E-state index contributed by atoms with van der Waals surface area (Å²) in [4.78, 5) is 25.3. The van der Waals surface area contributed by atoms with Gasteiger partial charge in [0.1, 0.15) is 17.1 Å². The average molecular weight is 342 g/mol. The van der Waals surface area contributed by atoms with Crippen molar-refractivity contribution in [2.75, 3.05) is 12.4 Å². The number of esters is 1. The molecule has 0 fully saturated rings. The van der Waals surface area contributed by atoms with E-state index in [-0.39, 0.29) is 12.5 Å². The van der Waals surface area contributed by atoms with Crippen LogP contribution >= 0.6 is 11.3 Å². The second-order valence-corrected chi connectivity index (χ2v) is 6.53. The standard InChI is InChI=1S/C18H18N2O3S/c1-11-4-5-14(8-12(11)2)19-16(21)10-20-15(18(22)23-3)9-13-6-7-24-17(13)20/h4-9H,10H2,1-3H3,(H,19,21). The molecule has 0 unspecified atom stereocenters. The minimum Gasteiger partial charge on any atom is -0.464 e. The molecule has 3 rings (SSSR count). The Hall–Kier alpha value is -2.60. The van der Waals surface area contributed by atoms with E-state index in [9.17, 15) is 9.59 Å². The predicted molar refractivity (Wildman–Crippen MR) is 95.7 cm³/mol. The number of thiophene rings is 1. The molecule has 0 atom stereocenters. The van der Waals surface area contributed by atoms with Crippen molar-refractivity contribution in [3.63, 3.8) is 0 Å². The molecule has 1 amide bonds. The van der Waals surface area contributed by atoms with Crippen LogP contribution in [0.2, 0.25) is 0 Å². The summed E-state index contributed by atoms with van der Waals surface area (Å²) in [6.07, 6.45) is 0. The second kappa shape index (κ2) is 6.49. The summed E-state index contributed by atoms with van der Waals surface area (Å²) in [5.41, 5.74) is 3.42. The molecule has 3 aromatic rings. The number of anilines is 1. The molecule has 0 saturated heterocycles. The third-order valence-electron chi connectivity index (χ3n) is 3.99. The molecule has 0 saturated carbocycles. The number of carbonyl (C=O) groups excluding carboxylic acids is 2. The van der Waals surface area contributed by atoms with Crippen molar-refractivity contribution >= 4 is 39.1 Å². The number of amides is 1. The lowest BCUT2D eigenvalue weighted by atomic mass is 10.1. The Bertz CT molecular complexity index is 924. The van der Waals surface area contributed by atoms with Gasteiger partial charge in [-0.15, -0.1) is 11.3 Å². The largest absolute Gasteiger partial charge is 0.464 e. The highest BCUT2D eigenvalue weighted by Gasteiger charge is 2.19. The van der Waals surface area contributed by atoms with Gasteiger partial charge in [-0.2, -0.15) is 0 Å². The number of fused-ring (bicyclic) bond motifs is 1. The van der Waals surface area contributed by atoms with Gasteiger partial charge in [0.2, 0.25) is 5.91 Å². The van der Waals surface area contributed by atoms with Crippen LogP contribution < -0.4 is 5.32 Å². The van der Waals surface area contributed by atoms with Crippen molar-refractivity contribution < 1.29 is 14.3 Å². The Morgan fingerprint density at radius 1 is 1.17 bits per heavy atom. The maximum Gasteiger partial charge on any atom is 0.354 e. The number of nitrogens with zero attached hydrogens (tertiary/aromatic N) is 1. The van der Waals surface area contributed by atoms with E-state index in [1.54, 1.807) is 10.6 Å². The van der Waals surface area contributed by atoms with Gasteiger partial charge < -0.3 is 14.6 Å². The van der Waals surface area contributed by atoms with Crippen LogP contribution in [0.4, 0.5) is 5.69 Å². The number of hydrogen-bond acceptors (Lipinski definition) is 4. The van der Waals surface area contributed by atoms with Gasteiger partial charge in [-0.05, 0) is 54.6 Å². The first-order valence-electron chi connectivity index (χ1n) is 7.51. The maximum absolute atomic E-state index is 12.4. The number of aryl methyl sites for hydroxylation is 2. The number of nitrogens with one attached hydrogen (secondary N) is 1. The molecule has 0 spiro atoms. The van der Waals surface area contributed by atoms with Gasteiger partial charge in [0, 0.05) is 11.1 Å². The first kappa shape index (κ1) is 16.3. The highest BCUT2D eigenvalue weighted by atomic mass is 32.1. The van der Waals surface area contributed by atoms with Gasteiger partial charge in [-0.3, -0.25) is 4.79 Å². The van der Waals surface area contributed by atoms with Gasteiger partial charge in [-0.1, -0.05) is 6.07 Å². The summed E-state index contributed by atoms with van der Waals surface area (Å²) in [5.74, 6) is -0.633. The van der Waals surface area contributed by atoms with E-state index in [0.717, 1.165) is 21.5 Å². The van der Waals surface area contributed by atoms with Crippen molar-refractivity contribution in [1.82, 2.24) is 4.57 Å². The number of hydrogen-bond donors (Lipinski definition) is 1. The summed E-state index contributed by atoms with van der Waals surface area (Å²) in [6.45, 7) is 4.08. The normalized spacial score (nSPS) is 10.8. The van der Waals surface area contributed by atoms with Crippen LogP contribution in [0.25, 0.3) is 10.2 Å². The molecule has 24 heavy (non-hydrogen) atoms. The predicted octanol–water partition coefficient (Wildman–Crippen LogP) is 3.74. The molecular weight excluding hydrogens is 324 g/mol. The average Bonchev–Trinajstić information content (AvgIpc) is 3.13. The zero-order valence-electron chi connectivity index (χ0n) is 13.8. The fourth-order valence-electron chi connectivity index (χ4n) is 2.57. The first-order valence-corrected chi connectivity index (χ1v) is 8.39. The lowest BCUT2D eigenvalue weighted by molar-refractivity contribution is -0.116. The van der Waals surface area contributed by atoms with Crippen molar-refractivity contribution in [3.8, 4) is 0 Å². The van der Waals surface area contributed by atoms with Gasteiger partial charge in [-0.25, -0.2) is 4.79 Å². The number of rotatable bonds is 4. The van der Waals surface area contributed by atoms with Crippen LogP contribution in [0, 0.1) is 13.8 Å². The highest BCUT2D eigenvalue weighted by Crippen LogP contribution is 2.26. The Kier molecular flexibility index (Phi) is 4.40. The minimum absolute atomic E-state index is 0.0569. The fourth-order valence-corrected chi connectivity index (χ4v) is 3.47. The Morgan fingerprint density at radius 3 is 2.67 bits per heavy atom. The van der Waals surface area contributed by atoms with Gasteiger partial charge >= 0.3 is 5.97 Å². The zero-order chi connectivity index (χ0) is 17.3. The molecule has 1 N–H and O–H groups in total.